The monoisotopic (exact) mass is 314 g/mol. The van der Waals surface area contributed by atoms with Crippen LogP contribution in [-0.2, 0) is 16.1 Å². The van der Waals surface area contributed by atoms with Crippen LogP contribution in [0.5, 0.6) is 5.75 Å². The van der Waals surface area contributed by atoms with Gasteiger partial charge in [0.15, 0.2) is 6.10 Å². The summed E-state index contributed by atoms with van der Waals surface area (Å²) < 4.78 is 7.40. The molecule has 2 heterocycles. The Hall–Kier alpha value is -2.83. The van der Waals surface area contributed by atoms with Crippen molar-refractivity contribution in [3.8, 4) is 5.75 Å². The van der Waals surface area contributed by atoms with Crippen LogP contribution >= 0.6 is 0 Å². The highest BCUT2D eigenvalue weighted by molar-refractivity contribution is 5.99. The van der Waals surface area contributed by atoms with Gasteiger partial charge in [0.1, 0.15) is 5.75 Å². The van der Waals surface area contributed by atoms with Crippen molar-refractivity contribution in [3.63, 3.8) is 0 Å². The van der Waals surface area contributed by atoms with E-state index in [-0.39, 0.29) is 18.2 Å². The summed E-state index contributed by atoms with van der Waals surface area (Å²) >= 11 is 0. The molecule has 0 radical (unpaired) electrons. The van der Waals surface area contributed by atoms with Crippen molar-refractivity contribution in [2.24, 2.45) is 0 Å². The number of ether oxygens (including phenoxy) is 1. The zero-order chi connectivity index (χ0) is 16.1. The fourth-order valence-electron chi connectivity index (χ4n) is 2.37. The summed E-state index contributed by atoms with van der Waals surface area (Å²) in [7, 11) is 0. The number of carbonyl (C=O) groups is 2. The quantitative estimate of drug-likeness (QED) is 0.784. The molecule has 1 atom stereocenters. The van der Waals surface area contributed by atoms with E-state index in [1.807, 2.05) is 24.4 Å². The average molecular weight is 314 g/mol. The van der Waals surface area contributed by atoms with Crippen molar-refractivity contribution in [2.45, 2.75) is 25.5 Å². The number of rotatable bonds is 6. The molecule has 0 bridgehead atoms. The molecular formula is C16H18N4O3. The largest absolute Gasteiger partial charge is 0.478 e. The van der Waals surface area contributed by atoms with Gasteiger partial charge in [0.25, 0.3) is 5.91 Å². The van der Waals surface area contributed by atoms with Crippen LogP contribution in [0, 0.1) is 0 Å². The standard InChI is InChI=1S/C16H18N4O3/c21-15(17-7-3-9-20-10-4-8-18-20)11-14-16(22)19-12-5-1-2-6-13(12)23-14/h1-2,4-6,8,10,14H,3,7,9,11H2,(H,17,21)(H,19,22). The van der Waals surface area contributed by atoms with Crippen LogP contribution in [0.15, 0.2) is 42.7 Å². The molecule has 0 saturated carbocycles. The first kappa shape index (κ1) is 15.1. The van der Waals surface area contributed by atoms with E-state index in [0.29, 0.717) is 18.0 Å². The molecular weight excluding hydrogens is 296 g/mol. The second kappa shape index (κ2) is 6.95. The molecule has 0 aliphatic carbocycles. The smallest absolute Gasteiger partial charge is 0.266 e. The van der Waals surface area contributed by atoms with Gasteiger partial charge in [-0.25, -0.2) is 0 Å². The number of nitrogens with zero attached hydrogens (tertiary/aromatic N) is 2. The Morgan fingerprint density at radius 3 is 3.04 bits per heavy atom. The third kappa shape index (κ3) is 3.88. The minimum absolute atomic E-state index is 0.00192. The number of fused-ring (bicyclic) bond motifs is 1. The maximum absolute atomic E-state index is 12.0. The lowest BCUT2D eigenvalue weighted by Gasteiger charge is -2.25. The van der Waals surface area contributed by atoms with Gasteiger partial charge in [0, 0.05) is 25.5 Å². The van der Waals surface area contributed by atoms with Crippen LogP contribution in [-0.4, -0.2) is 34.2 Å². The lowest BCUT2D eigenvalue weighted by molar-refractivity contribution is -0.130. The maximum Gasteiger partial charge on any atom is 0.266 e. The fraction of sp³-hybridized carbons (Fsp3) is 0.312. The molecule has 23 heavy (non-hydrogen) atoms. The summed E-state index contributed by atoms with van der Waals surface area (Å²) in [6.07, 6.45) is 3.57. The minimum atomic E-state index is -0.795. The summed E-state index contributed by atoms with van der Waals surface area (Å²) in [5.41, 5.74) is 0.633. The number of aromatic nitrogens is 2. The maximum atomic E-state index is 12.0. The highest BCUT2D eigenvalue weighted by Crippen LogP contribution is 2.29. The third-order valence-corrected chi connectivity index (χ3v) is 3.52. The van der Waals surface area contributed by atoms with Gasteiger partial charge in [-0.2, -0.15) is 5.10 Å². The summed E-state index contributed by atoms with van der Waals surface area (Å²) in [6, 6.07) is 9.02. The normalized spacial score (nSPS) is 16.2. The summed E-state index contributed by atoms with van der Waals surface area (Å²) in [6.45, 7) is 1.27. The number of para-hydroxylation sites is 2. The van der Waals surface area contributed by atoms with Gasteiger partial charge in [-0.1, -0.05) is 12.1 Å². The van der Waals surface area contributed by atoms with Gasteiger partial charge < -0.3 is 15.4 Å². The Morgan fingerprint density at radius 1 is 1.35 bits per heavy atom. The van der Waals surface area contributed by atoms with Crippen LogP contribution < -0.4 is 15.4 Å². The second-order valence-electron chi connectivity index (χ2n) is 5.27. The van der Waals surface area contributed by atoms with Crippen molar-refractivity contribution < 1.29 is 14.3 Å². The molecule has 7 nitrogen and oxygen atoms in total. The topological polar surface area (TPSA) is 85.2 Å². The number of carbonyl (C=O) groups excluding carboxylic acids is 2. The molecule has 0 saturated heterocycles. The van der Waals surface area contributed by atoms with Crippen LogP contribution in [0.2, 0.25) is 0 Å². The molecule has 1 unspecified atom stereocenters. The molecule has 7 heteroatoms. The van der Waals surface area contributed by atoms with Crippen LogP contribution in [0.1, 0.15) is 12.8 Å². The van der Waals surface area contributed by atoms with Crippen molar-refractivity contribution in [1.29, 1.82) is 0 Å². The van der Waals surface area contributed by atoms with Crippen molar-refractivity contribution in [3.05, 3.63) is 42.7 Å². The van der Waals surface area contributed by atoms with E-state index in [4.69, 9.17) is 4.74 Å². The first-order chi connectivity index (χ1) is 11.2. The molecule has 1 aliphatic rings. The van der Waals surface area contributed by atoms with Gasteiger partial charge in [-0.3, -0.25) is 14.3 Å². The zero-order valence-electron chi connectivity index (χ0n) is 12.6. The van der Waals surface area contributed by atoms with Crippen molar-refractivity contribution >= 4 is 17.5 Å². The van der Waals surface area contributed by atoms with E-state index in [1.54, 1.807) is 23.0 Å². The Morgan fingerprint density at radius 2 is 2.22 bits per heavy atom. The first-order valence-corrected chi connectivity index (χ1v) is 7.53. The van der Waals surface area contributed by atoms with Gasteiger partial charge >= 0.3 is 0 Å². The van der Waals surface area contributed by atoms with E-state index in [0.717, 1.165) is 13.0 Å². The van der Waals surface area contributed by atoms with Crippen LogP contribution in [0.3, 0.4) is 0 Å². The van der Waals surface area contributed by atoms with Gasteiger partial charge in [-0.05, 0) is 24.6 Å². The minimum Gasteiger partial charge on any atom is -0.478 e. The molecule has 120 valence electrons. The number of amides is 2. The lowest BCUT2D eigenvalue weighted by atomic mass is 10.1. The summed E-state index contributed by atoms with van der Waals surface area (Å²) in [5, 5.41) is 9.63. The molecule has 1 aliphatic heterocycles. The lowest BCUT2D eigenvalue weighted by Crippen LogP contribution is -2.41. The second-order valence-corrected chi connectivity index (χ2v) is 5.27. The zero-order valence-corrected chi connectivity index (χ0v) is 12.6. The Bertz CT molecular complexity index is 684. The van der Waals surface area contributed by atoms with E-state index < -0.39 is 6.10 Å². The number of anilines is 1. The Kier molecular flexibility index (Phi) is 4.56. The van der Waals surface area contributed by atoms with E-state index >= 15 is 0 Å². The molecule has 2 aromatic rings. The highest BCUT2D eigenvalue weighted by atomic mass is 16.5. The SMILES string of the molecule is O=C(CC1Oc2ccccc2NC1=O)NCCCn1cccn1. The predicted molar refractivity (Wildman–Crippen MR) is 84.0 cm³/mol. The van der Waals surface area contributed by atoms with Gasteiger partial charge in [-0.15, -0.1) is 0 Å². The fourth-order valence-corrected chi connectivity index (χ4v) is 2.37. The van der Waals surface area contributed by atoms with Crippen LogP contribution in [0.25, 0.3) is 0 Å². The number of hydrogen-bond donors (Lipinski definition) is 2. The Balaban J connectivity index is 1.44. The van der Waals surface area contributed by atoms with Crippen LogP contribution in [0.4, 0.5) is 5.69 Å². The van der Waals surface area contributed by atoms with Gasteiger partial charge in [0.2, 0.25) is 5.91 Å². The van der Waals surface area contributed by atoms with Crippen molar-refractivity contribution in [1.82, 2.24) is 15.1 Å². The van der Waals surface area contributed by atoms with Crippen molar-refractivity contribution in [2.75, 3.05) is 11.9 Å². The van der Waals surface area contributed by atoms with E-state index in [9.17, 15) is 9.59 Å². The molecule has 1 aromatic heterocycles. The Labute approximate surface area is 133 Å². The highest BCUT2D eigenvalue weighted by Gasteiger charge is 2.29. The first-order valence-electron chi connectivity index (χ1n) is 7.53. The average Bonchev–Trinajstić information content (AvgIpc) is 3.06. The molecule has 0 fully saturated rings. The number of nitrogens with one attached hydrogen (secondary N) is 2. The molecule has 2 N–H and O–H groups in total. The summed E-state index contributed by atoms with van der Waals surface area (Å²) in [5.74, 6) is 0.0870. The molecule has 2 amide bonds. The number of hydrogen-bond acceptors (Lipinski definition) is 4. The van der Waals surface area contributed by atoms with E-state index in [2.05, 4.69) is 15.7 Å². The summed E-state index contributed by atoms with van der Waals surface area (Å²) in [4.78, 5) is 23.9. The molecule has 0 spiro atoms. The van der Waals surface area contributed by atoms with Gasteiger partial charge in [0.05, 0.1) is 12.1 Å². The van der Waals surface area contributed by atoms with E-state index in [1.165, 1.54) is 0 Å². The predicted octanol–water partition coefficient (Wildman–Crippen LogP) is 1.18. The molecule has 1 aromatic carbocycles. The number of benzene rings is 1. The third-order valence-electron chi connectivity index (χ3n) is 3.52. The molecule has 3 rings (SSSR count). The number of aryl methyl sites for hydroxylation is 1.